The van der Waals surface area contributed by atoms with Crippen LogP contribution >= 0.6 is 0 Å². The Balaban J connectivity index is 1.66. The minimum absolute atomic E-state index is 0.368. The molecule has 0 bridgehead atoms. The molecule has 1 aromatic carbocycles. The lowest BCUT2D eigenvalue weighted by molar-refractivity contribution is 0.189. The van der Waals surface area contributed by atoms with Crippen molar-refractivity contribution in [2.24, 2.45) is 5.92 Å². The first-order chi connectivity index (χ1) is 9.34. The van der Waals surface area contributed by atoms with E-state index < -0.39 is 0 Å². The third kappa shape index (κ3) is 2.63. The summed E-state index contributed by atoms with van der Waals surface area (Å²) >= 11 is 0. The number of hydrogen-bond donors (Lipinski definition) is 2. The molecule has 2 heterocycles. The number of aromatic nitrogens is 2. The highest BCUT2D eigenvalue weighted by Crippen LogP contribution is 2.34. The fourth-order valence-electron chi connectivity index (χ4n) is 2.59. The van der Waals surface area contributed by atoms with Crippen molar-refractivity contribution in [1.29, 1.82) is 0 Å². The molecule has 3 rings (SSSR count). The summed E-state index contributed by atoms with van der Waals surface area (Å²) in [6.07, 6.45) is 4.57. The van der Waals surface area contributed by atoms with Crippen LogP contribution in [0.15, 0.2) is 36.8 Å². The van der Waals surface area contributed by atoms with Crippen molar-refractivity contribution in [2.75, 3.05) is 13.2 Å². The number of rotatable bonds is 4. The Morgan fingerprint density at radius 3 is 3.16 bits per heavy atom. The van der Waals surface area contributed by atoms with Crippen LogP contribution in [0.4, 0.5) is 0 Å². The van der Waals surface area contributed by atoms with Gasteiger partial charge in [0.1, 0.15) is 5.75 Å². The number of ether oxygens (including phenoxy) is 1. The van der Waals surface area contributed by atoms with Gasteiger partial charge in [-0.1, -0.05) is 25.1 Å². The SMILES string of the molecule is CC1COc2ccccc2C1NCCc1cnc[nH]1. The first-order valence-corrected chi connectivity index (χ1v) is 6.77. The second kappa shape index (κ2) is 5.45. The van der Waals surface area contributed by atoms with Gasteiger partial charge in [0, 0.05) is 42.4 Å². The zero-order valence-electron chi connectivity index (χ0n) is 11.1. The molecular weight excluding hydrogens is 238 g/mol. The molecule has 2 atom stereocenters. The van der Waals surface area contributed by atoms with Crippen molar-refractivity contribution in [1.82, 2.24) is 15.3 Å². The summed E-state index contributed by atoms with van der Waals surface area (Å²) in [4.78, 5) is 7.16. The fourth-order valence-corrected chi connectivity index (χ4v) is 2.59. The van der Waals surface area contributed by atoms with Crippen molar-refractivity contribution in [3.05, 3.63) is 48.0 Å². The van der Waals surface area contributed by atoms with E-state index in [2.05, 4.69) is 34.3 Å². The minimum Gasteiger partial charge on any atom is -0.493 e. The maximum absolute atomic E-state index is 5.76. The Morgan fingerprint density at radius 1 is 1.42 bits per heavy atom. The van der Waals surface area contributed by atoms with Crippen LogP contribution in [0.5, 0.6) is 5.75 Å². The molecule has 2 unspecified atom stereocenters. The molecule has 0 amide bonds. The molecule has 4 nitrogen and oxygen atoms in total. The van der Waals surface area contributed by atoms with Gasteiger partial charge in [-0.2, -0.15) is 0 Å². The molecule has 1 aliphatic heterocycles. The molecule has 0 radical (unpaired) electrons. The highest BCUT2D eigenvalue weighted by molar-refractivity contribution is 5.37. The largest absolute Gasteiger partial charge is 0.493 e. The summed E-state index contributed by atoms with van der Waals surface area (Å²) in [5, 5.41) is 3.64. The van der Waals surface area contributed by atoms with Gasteiger partial charge in [0.05, 0.1) is 12.9 Å². The number of nitrogens with one attached hydrogen (secondary N) is 2. The molecule has 0 saturated carbocycles. The molecule has 2 N–H and O–H groups in total. The van der Waals surface area contributed by atoms with Gasteiger partial charge in [-0.05, 0) is 6.07 Å². The molecule has 0 aliphatic carbocycles. The third-order valence-corrected chi connectivity index (χ3v) is 3.64. The molecule has 19 heavy (non-hydrogen) atoms. The standard InChI is InChI=1S/C15H19N3O/c1-11-9-19-14-5-3-2-4-13(14)15(11)17-7-6-12-8-16-10-18-12/h2-5,8,10-11,15,17H,6-7,9H2,1H3,(H,16,18). The van der Waals surface area contributed by atoms with E-state index >= 15 is 0 Å². The van der Waals surface area contributed by atoms with Crippen LogP contribution in [-0.4, -0.2) is 23.1 Å². The second-order valence-corrected chi connectivity index (χ2v) is 5.08. The van der Waals surface area contributed by atoms with E-state index in [1.165, 1.54) is 11.3 Å². The molecule has 2 aromatic rings. The van der Waals surface area contributed by atoms with Crippen LogP contribution < -0.4 is 10.1 Å². The number of benzene rings is 1. The Morgan fingerprint density at radius 2 is 2.32 bits per heavy atom. The summed E-state index contributed by atoms with van der Waals surface area (Å²) < 4.78 is 5.76. The predicted molar refractivity (Wildman–Crippen MR) is 74.1 cm³/mol. The minimum atomic E-state index is 0.368. The van der Waals surface area contributed by atoms with Gasteiger partial charge in [0.15, 0.2) is 0 Å². The Labute approximate surface area is 113 Å². The summed E-state index contributed by atoms with van der Waals surface area (Å²) in [6, 6.07) is 8.66. The molecule has 0 fully saturated rings. The topological polar surface area (TPSA) is 49.9 Å². The number of aromatic amines is 1. The average Bonchev–Trinajstić information content (AvgIpc) is 2.94. The van der Waals surface area contributed by atoms with Gasteiger partial charge in [-0.3, -0.25) is 0 Å². The van der Waals surface area contributed by atoms with Crippen molar-refractivity contribution in [3.8, 4) is 5.75 Å². The Kier molecular flexibility index (Phi) is 3.51. The number of imidazole rings is 1. The second-order valence-electron chi connectivity index (χ2n) is 5.08. The van der Waals surface area contributed by atoms with Crippen LogP contribution in [-0.2, 0) is 6.42 Å². The monoisotopic (exact) mass is 257 g/mol. The Hall–Kier alpha value is -1.81. The van der Waals surface area contributed by atoms with E-state index in [1.807, 2.05) is 18.3 Å². The summed E-state index contributed by atoms with van der Waals surface area (Å²) in [5.74, 6) is 1.50. The highest BCUT2D eigenvalue weighted by Gasteiger charge is 2.26. The smallest absolute Gasteiger partial charge is 0.124 e. The van der Waals surface area contributed by atoms with E-state index in [9.17, 15) is 0 Å². The van der Waals surface area contributed by atoms with Gasteiger partial charge < -0.3 is 15.0 Å². The van der Waals surface area contributed by atoms with Gasteiger partial charge in [-0.15, -0.1) is 0 Å². The number of H-pyrrole nitrogens is 1. The zero-order valence-corrected chi connectivity index (χ0v) is 11.1. The third-order valence-electron chi connectivity index (χ3n) is 3.64. The molecule has 0 saturated heterocycles. The number of nitrogens with zero attached hydrogens (tertiary/aromatic N) is 1. The lowest BCUT2D eigenvalue weighted by Crippen LogP contribution is -2.35. The van der Waals surface area contributed by atoms with Gasteiger partial charge >= 0.3 is 0 Å². The van der Waals surface area contributed by atoms with Crippen LogP contribution in [0.2, 0.25) is 0 Å². The normalized spacial score (nSPS) is 21.7. The molecule has 4 heteroatoms. The van der Waals surface area contributed by atoms with E-state index in [1.54, 1.807) is 6.33 Å². The van der Waals surface area contributed by atoms with Crippen LogP contribution in [0, 0.1) is 5.92 Å². The Bertz CT molecular complexity index is 524. The lowest BCUT2D eigenvalue weighted by Gasteiger charge is -2.32. The van der Waals surface area contributed by atoms with Crippen molar-refractivity contribution >= 4 is 0 Å². The van der Waals surface area contributed by atoms with Gasteiger partial charge in [0.2, 0.25) is 0 Å². The summed E-state index contributed by atoms with van der Waals surface area (Å²) in [7, 11) is 0. The molecule has 100 valence electrons. The van der Waals surface area contributed by atoms with Crippen molar-refractivity contribution < 1.29 is 4.74 Å². The van der Waals surface area contributed by atoms with Crippen LogP contribution in [0.1, 0.15) is 24.2 Å². The van der Waals surface area contributed by atoms with Gasteiger partial charge in [-0.25, -0.2) is 4.98 Å². The summed E-state index contributed by atoms with van der Waals surface area (Å²) in [5.41, 5.74) is 2.44. The number of fused-ring (bicyclic) bond motifs is 1. The fraction of sp³-hybridized carbons (Fsp3) is 0.400. The van der Waals surface area contributed by atoms with Crippen LogP contribution in [0.25, 0.3) is 0 Å². The maximum Gasteiger partial charge on any atom is 0.124 e. The quantitative estimate of drug-likeness (QED) is 0.883. The van der Waals surface area contributed by atoms with Crippen molar-refractivity contribution in [3.63, 3.8) is 0 Å². The molecule has 1 aliphatic rings. The molecule has 1 aromatic heterocycles. The van der Waals surface area contributed by atoms with E-state index in [4.69, 9.17) is 4.74 Å². The lowest BCUT2D eigenvalue weighted by atomic mass is 9.92. The molecule has 0 spiro atoms. The zero-order chi connectivity index (χ0) is 13.1. The van der Waals surface area contributed by atoms with Gasteiger partial charge in [0.25, 0.3) is 0 Å². The maximum atomic E-state index is 5.76. The predicted octanol–water partition coefficient (Wildman–Crippen LogP) is 2.31. The van der Waals surface area contributed by atoms with Crippen LogP contribution in [0.3, 0.4) is 0 Å². The summed E-state index contributed by atoms with van der Waals surface area (Å²) in [6.45, 7) is 3.94. The van der Waals surface area contributed by atoms with Crippen molar-refractivity contribution in [2.45, 2.75) is 19.4 Å². The first-order valence-electron chi connectivity index (χ1n) is 6.77. The highest BCUT2D eigenvalue weighted by atomic mass is 16.5. The number of para-hydroxylation sites is 1. The van der Waals surface area contributed by atoms with E-state index in [0.717, 1.165) is 25.3 Å². The number of hydrogen-bond acceptors (Lipinski definition) is 3. The molecular formula is C15H19N3O. The average molecular weight is 257 g/mol. The van der Waals surface area contributed by atoms with E-state index in [0.29, 0.717) is 12.0 Å². The first kappa shape index (κ1) is 12.2. The van der Waals surface area contributed by atoms with E-state index in [-0.39, 0.29) is 0 Å².